The maximum Gasteiger partial charge on any atom is 0.0614 e. The minimum absolute atomic E-state index is 0.0397. The van der Waals surface area contributed by atoms with Gasteiger partial charge in [0.05, 0.1) is 12.7 Å². The maximum absolute atomic E-state index is 9.60. The molecule has 2 nitrogen and oxygen atoms in total. The molecule has 0 aliphatic rings. The fourth-order valence-electron chi connectivity index (χ4n) is 1.30. The van der Waals surface area contributed by atoms with Gasteiger partial charge in [0.1, 0.15) is 0 Å². The summed E-state index contributed by atoms with van der Waals surface area (Å²) in [5.41, 5.74) is 1.14. The first-order chi connectivity index (χ1) is 6.83. The van der Waals surface area contributed by atoms with Crippen molar-refractivity contribution in [1.82, 2.24) is 0 Å². The molecule has 0 amide bonds. The van der Waals surface area contributed by atoms with E-state index < -0.39 is 0 Å². The Morgan fingerprint density at radius 2 is 1.86 bits per heavy atom. The quantitative estimate of drug-likeness (QED) is 0.694. The molecule has 1 atom stereocenters. The van der Waals surface area contributed by atoms with E-state index in [0.29, 0.717) is 12.8 Å². The predicted molar refractivity (Wildman–Crippen MR) is 57.0 cm³/mol. The molecule has 0 saturated carbocycles. The molecular formula is C12H16O2. The monoisotopic (exact) mass is 192 g/mol. The molecule has 0 aromatic heterocycles. The SMILES string of the molecule is OC/C=C\CC(O)Cc1ccccc1. The Morgan fingerprint density at radius 3 is 2.50 bits per heavy atom. The van der Waals surface area contributed by atoms with Crippen LogP contribution in [-0.4, -0.2) is 22.9 Å². The number of aliphatic hydroxyl groups excluding tert-OH is 2. The van der Waals surface area contributed by atoms with Crippen LogP contribution in [0.3, 0.4) is 0 Å². The van der Waals surface area contributed by atoms with E-state index in [1.807, 2.05) is 30.3 Å². The number of aliphatic hydroxyl groups is 2. The van der Waals surface area contributed by atoms with E-state index in [0.717, 1.165) is 5.56 Å². The van der Waals surface area contributed by atoms with Gasteiger partial charge in [0.2, 0.25) is 0 Å². The Kier molecular flexibility index (Phi) is 4.97. The van der Waals surface area contributed by atoms with Crippen LogP contribution in [0.4, 0.5) is 0 Å². The van der Waals surface area contributed by atoms with Crippen LogP contribution in [0.5, 0.6) is 0 Å². The van der Waals surface area contributed by atoms with E-state index in [2.05, 4.69) is 0 Å². The second-order valence-corrected chi connectivity index (χ2v) is 3.23. The summed E-state index contributed by atoms with van der Waals surface area (Å²) in [6, 6.07) is 9.89. The molecule has 0 bridgehead atoms. The van der Waals surface area contributed by atoms with E-state index in [1.165, 1.54) is 0 Å². The number of hydrogen-bond donors (Lipinski definition) is 2. The highest BCUT2D eigenvalue weighted by molar-refractivity contribution is 5.15. The van der Waals surface area contributed by atoms with Gasteiger partial charge < -0.3 is 10.2 Å². The van der Waals surface area contributed by atoms with Crippen LogP contribution in [-0.2, 0) is 6.42 Å². The summed E-state index contributed by atoms with van der Waals surface area (Å²) < 4.78 is 0. The molecule has 2 heteroatoms. The third-order valence-corrected chi connectivity index (χ3v) is 1.99. The Bertz CT molecular complexity index is 267. The second kappa shape index (κ2) is 6.35. The van der Waals surface area contributed by atoms with Crippen LogP contribution < -0.4 is 0 Å². The highest BCUT2D eigenvalue weighted by Gasteiger charge is 2.02. The molecule has 1 aromatic rings. The van der Waals surface area contributed by atoms with Gasteiger partial charge in [-0.15, -0.1) is 0 Å². The summed E-state index contributed by atoms with van der Waals surface area (Å²) in [6.07, 6.45) is 4.34. The lowest BCUT2D eigenvalue weighted by atomic mass is 10.1. The third kappa shape index (κ3) is 4.21. The molecule has 0 aliphatic heterocycles. The first kappa shape index (κ1) is 11.0. The Hall–Kier alpha value is -1.12. The standard InChI is InChI=1S/C12H16O2/c13-9-5-4-8-12(14)10-11-6-2-1-3-7-11/h1-7,12-14H,8-10H2/b5-4-. The lowest BCUT2D eigenvalue weighted by Gasteiger charge is -2.07. The molecule has 0 heterocycles. The average Bonchev–Trinajstić information content (AvgIpc) is 2.20. The fourth-order valence-corrected chi connectivity index (χ4v) is 1.30. The van der Waals surface area contributed by atoms with Crippen molar-refractivity contribution < 1.29 is 10.2 Å². The lowest BCUT2D eigenvalue weighted by Crippen LogP contribution is -2.08. The average molecular weight is 192 g/mol. The molecule has 0 radical (unpaired) electrons. The van der Waals surface area contributed by atoms with Crippen molar-refractivity contribution in [2.24, 2.45) is 0 Å². The molecule has 0 aliphatic carbocycles. The van der Waals surface area contributed by atoms with Crippen molar-refractivity contribution in [2.45, 2.75) is 18.9 Å². The van der Waals surface area contributed by atoms with Crippen LogP contribution in [0.25, 0.3) is 0 Å². The Morgan fingerprint density at radius 1 is 1.14 bits per heavy atom. The summed E-state index contributed by atoms with van der Waals surface area (Å²) in [6.45, 7) is 0.0397. The molecule has 0 saturated heterocycles. The zero-order chi connectivity index (χ0) is 10.2. The van der Waals surface area contributed by atoms with E-state index >= 15 is 0 Å². The van der Waals surface area contributed by atoms with Crippen LogP contribution in [0.2, 0.25) is 0 Å². The van der Waals surface area contributed by atoms with Gasteiger partial charge in [0.25, 0.3) is 0 Å². The summed E-state index contributed by atoms with van der Waals surface area (Å²) >= 11 is 0. The summed E-state index contributed by atoms with van der Waals surface area (Å²) in [5.74, 6) is 0. The lowest BCUT2D eigenvalue weighted by molar-refractivity contribution is 0.178. The third-order valence-electron chi connectivity index (χ3n) is 1.99. The minimum Gasteiger partial charge on any atom is -0.392 e. The Balaban J connectivity index is 2.34. The van der Waals surface area contributed by atoms with Crippen LogP contribution in [0.1, 0.15) is 12.0 Å². The van der Waals surface area contributed by atoms with Crippen molar-refractivity contribution in [3.05, 3.63) is 48.0 Å². The van der Waals surface area contributed by atoms with E-state index in [4.69, 9.17) is 5.11 Å². The highest BCUT2D eigenvalue weighted by atomic mass is 16.3. The van der Waals surface area contributed by atoms with Gasteiger partial charge in [0, 0.05) is 0 Å². The molecule has 1 rings (SSSR count). The molecule has 76 valence electrons. The molecule has 0 fully saturated rings. The van der Waals surface area contributed by atoms with Gasteiger partial charge in [-0.3, -0.25) is 0 Å². The van der Waals surface area contributed by atoms with Crippen LogP contribution in [0.15, 0.2) is 42.5 Å². The minimum atomic E-state index is -0.361. The van der Waals surface area contributed by atoms with Gasteiger partial charge in [0.15, 0.2) is 0 Å². The first-order valence-corrected chi connectivity index (χ1v) is 4.80. The van der Waals surface area contributed by atoms with E-state index in [-0.39, 0.29) is 12.7 Å². The summed E-state index contributed by atoms with van der Waals surface area (Å²) in [4.78, 5) is 0. The molecule has 1 unspecified atom stereocenters. The highest BCUT2D eigenvalue weighted by Crippen LogP contribution is 2.05. The normalized spacial score (nSPS) is 13.3. The topological polar surface area (TPSA) is 40.5 Å². The smallest absolute Gasteiger partial charge is 0.0614 e. The molecule has 0 spiro atoms. The maximum atomic E-state index is 9.60. The largest absolute Gasteiger partial charge is 0.392 e. The fraction of sp³-hybridized carbons (Fsp3) is 0.333. The van der Waals surface area contributed by atoms with E-state index in [1.54, 1.807) is 12.2 Å². The summed E-state index contributed by atoms with van der Waals surface area (Å²) in [7, 11) is 0. The second-order valence-electron chi connectivity index (χ2n) is 3.23. The summed E-state index contributed by atoms with van der Waals surface area (Å²) in [5, 5.41) is 18.1. The first-order valence-electron chi connectivity index (χ1n) is 4.80. The number of benzene rings is 1. The van der Waals surface area contributed by atoms with E-state index in [9.17, 15) is 5.11 Å². The molecule has 2 N–H and O–H groups in total. The van der Waals surface area contributed by atoms with Crippen molar-refractivity contribution in [2.75, 3.05) is 6.61 Å². The number of rotatable bonds is 5. The van der Waals surface area contributed by atoms with Gasteiger partial charge in [-0.2, -0.15) is 0 Å². The molecular weight excluding hydrogens is 176 g/mol. The Labute approximate surface area is 84.5 Å². The predicted octanol–water partition coefficient (Wildman–Crippen LogP) is 1.53. The van der Waals surface area contributed by atoms with Crippen molar-refractivity contribution in [3.63, 3.8) is 0 Å². The van der Waals surface area contributed by atoms with Gasteiger partial charge in [-0.1, -0.05) is 42.5 Å². The zero-order valence-electron chi connectivity index (χ0n) is 8.13. The van der Waals surface area contributed by atoms with Crippen molar-refractivity contribution in [3.8, 4) is 0 Å². The van der Waals surface area contributed by atoms with Crippen molar-refractivity contribution in [1.29, 1.82) is 0 Å². The van der Waals surface area contributed by atoms with Gasteiger partial charge >= 0.3 is 0 Å². The zero-order valence-corrected chi connectivity index (χ0v) is 8.13. The van der Waals surface area contributed by atoms with Crippen LogP contribution in [0, 0.1) is 0 Å². The molecule has 14 heavy (non-hydrogen) atoms. The van der Waals surface area contributed by atoms with Gasteiger partial charge in [-0.25, -0.2) is 0 Å². The number of hydrogen-bond acceptors (Lipinski definition) is 2. The van der Waals surface area contributed by atoms with Gasteiger partial charge in [-0.05, 0) is 18.4 Å². The van der Waals surface area contributed by atoms with Crippen molar-refractivity contribution >= 4 is 0 Å². The molecule has 1 aromatic carbocycles. The van der Waals surface area contributed by atoms with Crippen LogP contribution >= 0.6 is 0 Å².